The third kappa shape index (κ3) is 7.92. The molecular weight excluding hydrogens is 114 g/mol. The van der Waals surface area contributed by atoms with Crippen LogP contribution >= 0.6 is 0 Å². The highest BCUT2D eigenvalue weighted by Crippen LogP contribution is 1.81. The van der Waals surface area contributed by atoms with Crippen molar-refractivity contribution in [2.24, 2.45) is 0 Å². The summed E-state index contributed by atoms with van der Waals surface area (Å²) >= 11 is 0. The number of hydrogen-bond acceptors (Lipinski definition) is 2. The summed E-state index contributed by atoms with van der Waals surface area (Å²) in [7, 11) is 1.00. The maximum absolute atomic E-state index is 7.00. The fourth-order valence-corrected chi connectivity index (χ4v) is 0.671. The Bertz CT molecular complexity index is 30.4. The Morgan fingerprint density at radius 1 is 0.889 bits per heavy atom. The number of hydrogen-bond donors (Lipinski definition) is 1. The quantitative estimate of drug-likeness (QED) is 0.619. The molecule has 58 valence electrons. The van der Waals surface area contributed by atoms with E-state index in [0.717, 1.165) is 7.11 Å². The van der Waals surface area contributed by atoms with Gasteiger partial charge in [-0.25, -0.2) is 0 Å². The summed E-state index contributed by atoms with van der Waals surface area (Å²) in [5, 5.41) is 7.00. The standard InChI is InChI=1S/C6H15N.CH4O/c1-4-7(5-2)6-3;1-2/h4-6H2,1-3H3;2H,1H3. The molecule has 0 aromatic rings. The van der Waals surface area contributed by atoms with E-state index in [0.29, 0.717) is 0 Å². The number of nitrogens with zero attached hydrogens (tertiary/aromatic N) is 1. The second-order valence-electron chi connectivity index (χ2n) is 1.62. The first-order valence-corrected chi connectivity index (χ1v) is 3.52. The second-order valence-corrected chi connectivity index (χ2v) is 1.62. The molecule has 0 rings (SSSR count). The predicted molar refractivity (Wildman–Crippen MR) is 41.6 cm³/mol. The largest absolute Gasteiger partial charge is 0.400 e. The van der Waals surface area contributed by atoms with Gasteiger partial charge in [0.1, 0.15) is 0 Å². The molecule has 1 N–H and O–H groups in total. The molecule has 0 unspecified atom stereocenters. The van der Waals surface area contributed by atoms with Crippen LogP contribution in [0.2, 0.25) is 0 Å². The van der Waals surface area contributed by atoms with E-state index in [1.165, 1.54) is 19.6 Å². The van der Waals surface area contributed by atoms with E-state index in [-0.39, 0.29) is 0 Å². The Morgan fingerprint density at radius 2 is 1.11 bits per heavy atom. The molecule has 2 heteroatoms. The Labute approximate surface area is 58.5 Å². The van der Waals surface area contributed by atoms with Crippen LogP contribution in [0.15, 0.2) is 0 Å². The molecule has 0 atom stereocenters. The van der Waals surface area contributed by atoms with Crippen molar-refractivity contribution in [1.29, 1.82) is 0 Å². The zero-order valence-electron chi connectivity index (χ0n) is 7.02. The van der Waals surface area contributed by atoms with Gasteiger partial charge in [0.15, 0.2) is 0 Å². The first-order chi connectivity index (χ1) is 4.35. The smallest absolute Gasteiger partial charge is 0.0319 e. The van der Waals surface area contributed by atoms with E-state index in [9.17, 15) is 0 Å². The topological polar surface area (TPSA) is 23.5 Å². The van der Waals surface area contributed by atoms with Gasteiger partial charge >= 0.3 is 0 Å². The first-order valence-electron chi connectivity index (χ1n) is 3.52. The van der Waals surface area contributed by atoms with Crippen molar-refractivity contribution in [3.8, 4) is 0 Å². The van der Waals surface area contributed by atoms with Gasteiger partial charge in [0.25, 0.3) is 0 Å². The summed E-state index contributed by atoms with van der Waals surface area (Å²) in [5.74, 6) is 0. The number of aliphatic hydroxyl groups is 1. The van der Waals surface area contributed by atoms with E-state index in [4.69, 9.17) is 5.11 Å². The van der Waals surface area contributed by atoms with Gasteiger partial charge in [0, 0.05) is 7.11 Å². The summed E-state index contributed by atoms with van der Waals surface area (Å²) in [4.78, 5) is 2.38. The third-order valence-corrected chi connectivity index (χ3v) is 1.34. The van der Waals surface area contributed by atoms with Crippen LogP contribution < -0.4 is 0 Å². The molecule has 0 aliphatic rings. The van der Waals surface area contributed by atoms with E-state index in [1.54, 1.807) is 0 Å². The van der Waals surface area contributed by atoms with Gasteiger partial charge in [-0.2, -0.15) is 0 Å². The number of rotatable bonds is 3. The zero-order valence-corrected chi connectivity index (χ0v) is 7.02. The zero-order chi connectivity index (χ0) is 7.70. The lowest BCUT2D eigenvalue weighted by molar-refractivity contribution is 0.321. The molecule has 0 saturated heterocycles. The van der Waals surface area contributed by atoms with Crippen LogP contribution in [0.3, 0.4) is 0 Å². The molecule has 0 bridgehead atoms. The van der Waals surface area contributed by atoms with Gasteiger partial charge < -0.3 is 10.0 Å². The highest BCUT2D eigenvalue weighted by atomic mass is 16.2. The summed E-state index contributed by atoms with van der Waals surface area (Å²) in [6.45, 7) is 10.1. The average Bonchev–Trinajstić information content (AvgIpc) is 1.96. The normalized spacial score (nSPS) is 8.67. The minimum absolute atomic E-state index is 1.00. The van der Waals surface area contributed by atoms with Gasteiger partial charge in [0.05, 0.1) is 0 Å². The lowest BCUT2D eigenvalue weighted by Crippen LogP contribution is -2.21. The Balaban J connectivity index is 0. The lowest BCUT2D eigenvalue weighted by atomic mass is 10.5. The van der Waals surface area contributed by atoms with Crippen molar-refractivity contribution >= 4 is 0 Å². The lowest BCUT2D eigenvalue weighted by Gasteiger charge is -2.13. The SMILES string of the molecule is CCN(CC)CC.CO. The molecule has 0 saturated carbocycles. The third-order valence-electron chi connectivity index (χ3n) is 1.34. The summed E-state index contributed by atoms with van der Waals surface area (Å²) in [5.41, 5.74) is 0. The first kappa shape index (κ1) is 11.7. The van der Waals surface area contributed by atoms with E-state index >= 15 is 0 Å². The van der Waals surface area contributed by atoms with Crippen LogP contribution in [0.25, 0.3) is 0 Å². The second kappa shape index (κ2) is 10.8. The van der Waals surface area contributed by atoms with Crippen molar-refractivity contribution in [1.82, 2.24) is 4.90 Å². The molecule has 9 heavy (non-hydrogen) atoms. The van der Waals surface area contributed by atoms with E-state index < -0.39 is 0 Å². The summed E-state index contributed by atoms with van der Waals surface area (Å²) < 4.78 is 0. The molecule has 2 nitrogen and oxygen atoms in total. The van der Waals surface area contributed by atoms with Crippen LogP contribution in [0.1, 0.15) is 20.8 Å². The van der Waals surface area contributed by atoms with Gasteiger partial charge in [0.2, 0.25) is 0 Å². The average molecular weight is 133 g/mol. The highest BCUT2D eigenvalue weighted by molar-refractivity contribution is 4.43. The van der Waals surface area contributed by atoms with Crippen molar-refractivity contribution in [3.63, 3.8) is 0 Å². The van der Waals surface area contributed by atoms with Gasteiger partial charge in [-0.1, -0.05) is 20.8 Å². The molecule has 0 amide bonds. The molecular formula is C7H19NO. The minimum Gasteiger partial charge on any atom is -0.400 e. The summed E-state index contributed by atoms with van der Waals surface area (Å²) in [6, 6.07) is 0. The molecule has 0 fully saturated rings. The molecule has 0 aromatic carbocycles. The van der Waals surface area contributed by atoms with Crippen LogP contribution in [-0.4, -0.2) is 36.8 Å². The molecule has 0 aliphatic carbocycles. The van der Waals surface area contributed by atoms with Crippen molar-refractivity contribution in [2.75, 3.05) is 26.7 Å². The monoisotopic (exact) mass is 133 g/mol. The minimum atomic E-state index is 1.00. The molecule has 0 radical (unpaired) electrons. The Kier molecular flexibility index (Phi) is 14.0. The Hall–Kier alpha value is -0.0800. The Morgan fingerprint density at radius 3 is 1.11 bits per heavy atom. The molecule has 0 aliphatic heterocycles. The van der Waals surface area contributed by atoms with Crippen molar-refractivity contribution in [3.05, 3.63) is 0 Å². The molecule has 0 aromatic heterocycles. The van der Waals surface area contributed by atoms with E-state index in [2.05, 4.69) is 25.7 Å². The van der Waals surface area contributed by atoms with Crippen LogP contribution in [0.4, 0.5) is 0 Å². The van der Waals surface area contributed by atoms with Crippen LogP contribution in [0, 0.1) is 0 Å². The highest BCUT2D eigenvalue weighted by Gasteiger charge is 1.89. The fourth-order valence-electron chi connectivity index (χ4n) is 0.671. The predicted octanol–water partition coefficient (Wildman–Crippen LogP) is 0.957. The van der Waals surface area contributed by atoms with E-state index in [1.807, 2.05) is 0 Å². The fraction of sp³-hybridized carbons (Fsp3) is 1.00. The van der Waals surface area contributed by atoms with Gasteiger partial charge in [-0.05, 0) is 19.6 Å². The van der Waals surface area contributed by atoms with Crippen molar-refractivity contribution in [2.45, 2.75) is 20.8 Å². The molecule has 0 spiro atoms. The van der Waals surface area contributed by atoms with Gasteiger partial charge in [-0.3, -0.25) is 0 Å². The van der Waals surface area contributed by atoms with Crippen LogP contribution in [-0.2, 0) is 0 Å². The maximum Gasteiger partial charge on any atom is 0.0319 e. The molecule has 0 heterocycles. The van der Waals surface area contributed by atoms with Crippen LogP contribution in [0.5, 0.6) is 0 Å². The number of aliphatic hydroxyl groups excluding tert-OH is 1. The van der Waals surface area contributed by atoms with Gasteiger partial charge in [-0.15, -0.1) is 0 Å². The maximum atomic E-state index is 7.00. The van der Waals surface area contributed by atoms with Crippen molar-refractivity contribution < 1.29 is 5.11 Å². The summed E-state index contributed by atoms with van der Waals surface area (Å²) in [6.07, 6.45) is 0.